The summed E-state index contributed by atoms with van der Waals surface area (Å²) in [6.45, 7) is 4.34. The number of carbonyl (C=O) groups is 1. The van der Waals surface area contributed by atoms with Crippen LogP contribution in [0.1, 0.15) is 58.8 Å². The summed E-state index contributed by atoms with van der Waals surface area (Å²) >= 11 is 0. The van der Waals surface area contributed by atoms with Crippen LogP contribution >= 0.6 is 0 Å². The second kappa shape index (κ2) is 5.03. The molecule has 4 heteroatoms. The average Bonchev–Trinajstić information content (AvgIpc) is 2.82. The summed E-state index contributed by atoms with van der Waals surface area (Å²) in [5.74, 6) is 0.940. The Morgan fingerprint density at radius 3 is 2.39 bits per heavy atom. The predicted octanol–water partition coefficient (Wildman–Crippen LogP) is 1.90. The first-order valence-electron chi connectivity index (χ1n) is 9.36. The van der Waals surface area contributed by atoms with E-state index >= 15 is 0 Å². The third-order valence-corrected chi connectivity index (χ3v) is 8.43. The number of rotatable bonds is 0. The Balaban J connectivity index is 1.73. The number of ketones is 1. The molecule has 0 aromatic heterocycles. The Morgan fingerprint density at radius 2 is 1.65 bits per heavy atom. The van der Waals surface area contributed by atoms with Crippen LogP contribution < -0.4 is 0 Å². The Bertz CT molecular complexity index is 519. The van der Waals surface area contributed by atoms with Crippen molar-refractivity contribution in [2.45, 2.75) is 77.1 Å². The number of carbonyl (C=O) groups excluding carboxylic acids is 1. The summed E-state index contributed by atoms with van der Waals surface area (Å²) in [7, 11) is 0. The van der Waals surface area contributed by atoms with Crippen molar-refractivity contribution in [1.82, 2.24) is 0 Å². The van der Waals surface area contributed by atoms with E-state index in [0.717, 1.165) is 32.1 Å². The highest BCUT2D eigenvalue weighted by atomic mass is 16.3. The smallest absolute Gasteiger partial charge is 0.139 e. The van der Waals surface area contributed by atoms with Crippen LogP contribution in [0.15, 0.2) is 0 Å². The van der Waals surface area contributed by atoms with Gasteiger partial charge < -0.3 is 15.3 Å². The molecule has 4 aliphatic carbocycles. The van der Waals surface area contributed by atoms with Gasteiger partial charge in [0.1, 0.15) is 5.78 Å². The minimum atomic E-state index is -0.769. The summed E-state index contributed by atoms with van der Waals surface area (Å²) in [5.41, 5.74) is -0.311. The van der Waals surface area contributed by atoms with Crippen molar-refractivity contribution in [1.29, 1.82) is 0 Å². The molecule has 0 bridgehead atoms. The summed E-state index contributed by atoms with van der Waals surface area (Å²) in [6, 6.07) is 0. The maximum absolute atomic E-state index is 12.4. The van der Waals surface area contributed by atoms with E-state index in [2.05, 4.69) is 13.8 Å². The molecule has 0 heterocycles. The van der Waals surface area contributed by atoms with Crippen molar-refractivity contribution in [3.8, 4) is 0 Å². The van der Waals surface area contributed by atoms with Crippen LogP contribution in [0.4, 0.5) is 0 Å². The van der Waals surface area contributed by atoms with Crippen molar-refractivity contribution in [3.63, 3.8) is 0 Å². The summed E-state index contributed by atoms with van der Waals surface area (Å²) < 4.78 is 0. The van der Waals surface area contributed by atoms with E-state index in [1.54, 1.807) is 0 Å². The van der Waals surface area contributed by atoms with Gasteiger partial charge in [0.25, 0.3) is 0 Å². The lowest BCUT2D eigenvalue weighted by atomic mass is 9.44. The van der Waals surface area contributed by atoms with E-state index in [0.29, 0.717) is 24.5 Å². The van der Waals surface area contributed by atoms with Crippen LogP contribution in [0.5, 0.6) is 0 Å². The molecule has 0 spiro atoms. The average molecular weight is 322 g/mol. The van der Waals surface area contributed by atoms with Crippen molar-refractivity contribution in [2.75, 3.05) is 0 Å². The monoisotopic (exact) mass is 322 g/mol. The zero-order chi connectivity index (χ0) is 16.6. The first-order chi connectivity index (χ1) is 10.8. The molecular formula is C19H30O4. The third kappa shape index (κ3) is 1.98. The molecule has 4 rings (SSSR count). The number of hydrogen-bond acceptors (Lipinski definition) is 4. The number of Topliss-reactive ketones (excluding diaryl/α,β-unsaturated/α-hetero) is 1. The summed E-state index contributed by atoms with van der Waals surface area (Å²) in [5, 5.41) is 31.8. The molecular weight excluding hydrogens is 292 g/mol. The highest BCUT2D eigenvalue weighted by Crippen LogP contribution is 2.65. The molecule has 0 aromatic rings. The normalized spacial score (nSPS) is 59.2. The number of fused-ring (bicyclic) bond motifs is 5. The van der Waals surface area contributed by atoms with E-state index in [1.165, 1.54) is 0 Å². The minimum absolute atomic E-state index is 0.0183. The van der Waals surface area contributed by atoms with Gasteiger partial charge in [-0.15, -0.1) is 0 Å². The molecule has 4 aliphatic rings. The molecule has 3 N–H and O–H groups in total. The van der Waals surface area contributed by atoms with Crippen LogP contribution in [0.3, 0.4) is 0 Å². The maximum Gasteiger partial charge on any atom is 0.139 e. The van der Waals surface area contributed by atoms with Crippen LogP contribution in [0, 0.1) is 34.5 Å². The standard InChI is InChI=1S/C19H30O4/c1-18-7-5-10(20)9-13(18)16(22)17(23)15-11-3-4-14(21)19(11,2)8-6-12(15)18/h10-13,15-17,20,22-23H,3-9H2,1-2H3/t10-,11?,12?,13?,15?,16?,17?,18+,19-/m0/s1. The van der Waals surface area contributed by atoms with Gasteiger partial charge in [0.15, 0.2) is 0 Å². The molecule has 6 unspecified atom stereocenters. The maximum atomic E-state index is 12.4. The fourth-order valence-electron chi connectivity index (χ4n) is 7.01. The molecule has 4 fully saturated rings. The molecule has 0 saturated heterocycles. The van der Waals surface area contributed by atoms with Crippen LogP contribution in [-0.4, -0.2) is 39.4 Å². The molecule has 0 aliphatic heterocycles. The van der Waals surface area contributed by atoms with Crippen LogP contribution in [-0.2, 0) is 4.79 Å². The second-order valence-corrected chi connectivity index (χ2v) is 9.23. The molecule has 4 nitrogen and oxygen atoms in total. The predicted molar refractivity (Wildman–Crippen MR) is 85.5 cm³/mol. The largest absolute Gasteiger partial charge is 0.393 e. The Hall–Kier alpha value is -0.450. The van der Waals surface area contributed by atoms with E-state index in [9.17, 15) is 20.1 Å². The van der Waals surface area contributed by atoms with Crippen molar-refractivity contribution in [3.05, 3.63) is 0 Å². The lowest BCUT2D eigenvalue weighted by molar-refractivity contribution is -0.219. The Morgan fingerprint density at radius 1 is 0.913 bits per heavy atom. The first kappa shape index (κ1) is 16.0. The Kier molecular flexibility index (Phi) is 3.51. The number of hydrogen-bond donors (Lipinski definition) is 3. The van der Waals surface area contributed by atoms with Crippen molar-refractivity contribution < 1.29 is 20.1 Å². The van der Waals surface area contributed by atoms with E-state index in [4.69, 9.17) is 0 Å². The van der Waals surface area contributed by atoms with Gasteiger partial charge in [-0.1, -0.05) is 13.8 Å². The number of aliphatic hydroxyl groups is 3. The zero-order valence-electron chi connectivity index (χ0n) is 14.2. The topological polar surface area (TPSA) is 77.8 Å². The van der Waals surface area contributed by atoms with Crippen molar-refractivity contribution in [2.24, 2.45) is 34.5 Å². The van der Waals surface area contributed by atoms with Gasteiger partial charge in [-0.3, -0.25) is 4.79 Å². The molecule has 23 heavy (non-hydrogen) atoms. The summed E-state index contributed by atoms with van der Waals surface area (Å²) in [4.78, 5) is 12.4. The molecule has 0 radical (unpaired) electrons. The van der Waals surface area contributed by atoms with Crippen LogP contribution in [0.2, 0.25) is 0 Å². The summed E-state index contributed by atoms with van der Waals surface area (Å²) in [6.07, 6.45) is 3.82. The van der Waals surface area contributed by atoms with Gasteiger partial charge in [-0.25, -0.2) is 0 Å². The van der Waals surface area contributed by atoms with Gasteiger partial charge in [0.2, 0.25) is 0 Å². The van der Waals surface area contributed by atoms with Gasteiger partial charge >= 0.3 is 0 Å². The fraction of sp³-hybridized carbons (Fsp3) is 0.947. The lowest BCUT2D eigenvalue weighted by Gasteiger charge is -2.62. The molecule has 9 atom stereocenters. The van der Waals surface area contributed by atoms with E-state index < -0.39 is 12.2 Å². The van der Waals surface area contributed by atoms with Gasteiger partial charge in [0.05, 0.1) is 18.3 Å². The molecule has 0 aromatic carbocycles. The van der Waals surface area contributed by atoms with Gasteiger partial charge in [-0.2, -0.15) is 0 Å². The lowest BCUT2D eigenvalue weighted by Crippen LogP contribution is -2.64. The number of aliphatic hydroxyl groups excluding tert-OH is 3. The van der Waals surface area contributed by atoms with Crippen LogP contribution in [0.25, 0.3) is 0 Å². The van der Waals surface area contributed by atoms with E-state index in [1.807, 2.05) is 0 Å². The SMILES string of the molecule is C[C@]12CC[C@H](O)CC1C(O)C(O)C1C2CC[C@]2(C)C(=O)CCC12. The van der Waals surface area contributed by atoms with Gasteiger partial charge in [-0.05, 0) is 67.6 Å². The van der Waals surface area contributed by atoms with E-state index in [-0.39, 0.29) is 34.7 Å². The minimum Gasteiger partial charge on any atom is -0.393 e. The Labute approximate surface area is 138 Å². The zero-order valence-corrected chi connectivity index (χ0v) is 14.2. The second-order valence-electron chi connectivity index (χ2n) is 9.23. The molecule has 130 valence electrons. The first-order valence-corrected chi connectivity index (χ1v) is 9.36. The highest BCUT2D eigenvalue weighted by molar-refractivity contribution is 5.87. The quantitative estimate of drug-likeness (QED) is 0.636. The third-order valence-electron chi connectivity index (χ3n) is 8.43. The van der Waals surface area contributed by atoms with Crippen molar-refractivity contribution >= 4 is 5.78 Å². The highest BCUT2D eigenvalue weighted by Gasteiger charge is 2.64. The fourth-order valence-corrected chi connectivity index (χ4v) is 7.01. The molecule has 4 saturated carbocycles. The van der Waals surface area contributed by atoms with Gasteiger partial charge in [0, 0.05) is 11.8 Å². The molecule has 0 amide bonds.